The quantitative estimate of drug-likeness (QED) is 0.727. The molecule has 3 rings (SSSR count). The first-order valence-electron chi connectivity index (χ1n) is 6.98. The number of fused-ring (bicyclic) bond motifs is 1. The van der Waals surface area contributed by atoms with Crippen molar-refractivity contribution in [3.05, 3.63) is 59.7 Å². The van der Waals surface area contributed by atoms with Crippen LogP contribution in [0.3, 0.4) is 0 Å². The van der Waals surface area contributed by atoms with Crippen molar-refractivity contribution in [3.8, 4) is 22.6 Å². The molecule has 3 aromatic rings. The highest BCUT2D eigenvalue weighted by atomic mass is 16.5. The van der Waals surface area contributed by atoms with Crippen LogP contribution in [0.15, 0.2) is 48.5 Å². The van der Waals surface area contributed by atoms with E-state index >= 15 is 0 Å². The number of ether oxygens (including phenoxy) is 1. The van der Waals surface area contributed by atoms with Gasteiger partial charge in [0.05, 0.1) is 7.11 Å². The molecule has 0 amide bonds. The van der Waals surface area contributed by atoms with E-state index in [1.807, 2.05) is 32.0 Å². The minimum atomic E-state index is 0.293. The minimum absolute atomic E-state index is 0.293. The van der Waals surface area contributed by atoms with Crippen molar-refractivity contribution in [1.82, 2.24) is 0 Å². The first-order chi connectivity index (χ1) is 10.1. The lowest BCUT2D eigenvalue weighted by Gasteiger charge is -2.15. The second-order valence-corrected chi connectivity index (χ2v) is 5.31. The average Bonchev–Trinajstić information content (AvgIpc) is 2.47. The Balaban J connectivity index is 2.27. The first-order valence-corrected chi connectivity index (χ1v) is 6.98. The summed E-state index contributed by atoms with van der Waals surface area (Å²) in [5.74, 6) is 1.12. The van der Waals surface area contributed by atoms with Gasteiger partial charge in [0.1, 0.15) is 11.5 Å². The maximum Gasteiger partial charge on any atom is 0.125 e. The summed E-state index contributed by atoms with van der Waals surface area (Å²) in [7, 11) is 1.66. The summed E-state index contributed by atoms with van der Waals surface area (Å²) in [6, 6.07) is 16.2. The van der Waals surface area contributed by atoms with Crippen LogP contribution < -0.4 is 4.74 Å². The lowest BCUT2D eigenvalue weighted by molar-refractivity contribution is 0.406. The zero-order chi connectivity index (χ0) is 15.0. The van der Waals surface area contributed by atoms with E-state index in [0.29, 0.717) is 5.75 Å². The van der Waals surface area contributed by atoms with Gasteiger partial charge in [-0.2, -0.15) is 0 Å². The molecule has 0 aliphatic rings. The average molecular weight is 278 g/mol. The number of rotatable bonds is 2. The fourth-order valence-electron chi connectivity index (χ4n) is 2.97. The molecule has 0 aliphatic carbocycles. The number of phenolic OH excluding ortho intramolecular Hbond substituents is 1. The first kappa shape index (κ1) is 13.5. The Kier molecular flexibility index (Phi) is 3.30. The molecule has 0 bridgehead atoms. The van der Waals surface area contributed by atoms with E-state index in [1.54, 1.807) is 13.2 Å². The summed E-state index contributed by atoms with van der Waals surface area (Å²) in [4.78, 5) is 0. The Morgan fingerprint density at radius 3 is 2.33 bits per heavy atom. The number of methoxy groups -OCH3 is 1. The van der Waals surface area contributed by atoms with Gasteiger partial charge in [0.25, 0.3) is 0 Å². The van der Waals surface area contributed by atoms with Crippen LogP contribution in [0.4, 0.5) is 0 Å². The molecule has 2 nitrogen and oxygen atoms in total. The largest absolute Gasteiger partial charge is 0.507 e. The van der Waals surface area contributed by atoms with Gasteiger partial charge in [0.2, 0.25) is 0 Å². The van der Waals surface area contributed by atoms with Gasteiger partial charge in [0.15, 0.2) is 0 Å². The molecule has 3 aromatic carbocycles. The molecule has 0 saturated heterocycles. The molecule has 0 saturated carbocycles. The van der Waals surface area contributed by atoms with Gasteiger partial charge < -0.3 is 9.84 Å². The summed E-state index contributed by atoms with van der Waals surface area (Å²) in [5.41, 5.74) is 3.74. The van der Waals surface area contributed by atoms with E-state index in [9.17, 15) is 5.11 Å². The summed E-state index contributed by atoms with van der Waals surface area (Å²) in [5, 5.41) is 12.7. The number of hydrogen-bond donors (Lipinski definition) is 1. The molecule has 0 aliphatic heterocycles. The number of aromatic hydroxyl groups is 1. The molecule has 21 heavy (non-hydrogen) atoms. The highest BCUT2D eigenvalue weighted by molar-refractivity contribution is 5.89. The lowest BCUT2D eigenvalue weighted by Crippen LogP contribution is -1.94. The third-order valence-electron chi connectivity index (χ3n) is 3.93. The zero-order valence-electron chi connectivity index (χ0n) is 12.5. The third-order valence-corrected chi connectivity index (χ3v) is 3.93. The van der Waals surface area contributed by atoms with Gasteiger partial charge in [-0.3, -0.25) is 0 Å². The monoisotopic (exact) mass is 278 g/mol. The van der Waals surface area contributed by atoms with E-state index < -0.39 is 0 Å². The van der Waals surface area contributed by atoms with Crippen molar-refractivity contribution in [1.29, 1.82) is 0 Å². The Bertz CT molecular complexity index is 819. The highest BCUT2D eigenvalue weighted by Gasteiger charge is 2.15. The predicted octanol–water partition coefficient (Wildman–Crippen LogP) is 4.84. The number of phenols is 1. The van der Waals surface area contributed by atoms with Crippen LogP contribution in [0.25, 0.3) is 21.9 Å². The molecule has 106 valence electrons. The smallest absolute Gasteiger partial charge is 0.125 e. The second kappa shape index (κ2) is 5.13. The number of benzene rings is 3. The molecule has 0 spiro atoms. The predicted molar refractivity (Wildman–Crippen MR) is 87.1 cm³/mol. The summed E-state index contributed by atoms with van der Waals surface area (Å²) >= 11 is 0. The van der Waals surface area contributed by atoms with Gasteiger partial charge in [-0.25, -0.2) is 0 Å². The van der Waals surface area contributed by atoms with Crippen molar-refractivity contribution >= 4 is 10.8 Å². The van der Waals surface area contributed by atoms with E-state index in [1.165, 1.54) is 5.39 Å². The Labute approximate surface area is 124 Å². The highest BCUT2D eigenvalue weighted by Crippen LogP contribution is 2.40. The van der Waals surface area contributed by atoms with Crippen LogP contribution in [0, 0.1) is 13.8 Å². The molecule has 2 heteroatoms. The van der Waals surface area contributed by atoms with Gasteiger partial charge in [-0.15, -0.1) is 0 Å². The van der Waals surface area contributed by atoms with E-state index in [4.69, 9.17) is 4.74 Å². The molecule has 0 radical (unpaired) electrons. The molecule has 0 fully saturated rings. The Morgan fingerprint density at radius 1 is 0.905 bits per heavy atom. The third kappa shape index (κ3) is 2.23. The van der Waals surface area contributed by atoms with Crippen LogP contribution in [0.1, 0.15) is 11.1 Å². The normalized spacial score (nSPS) is 10.8. The van der Waals surface area contributed by atoms with Crippen LogP contribution >= 0.6 is 0 Å². The molecular formula is C19H18O2. The summed E-state index contributed by atoms with van der Waals surface area (Å²) in [6.45, 7) is 3.92. The maximum atomic E-state index is 10.4. The van der Waals surface area contributed by atoms with E-state index in [0.717, 1.165) is 33.4 Å². The van der Waals surface area contributed by atoms with Gasteiger partial charge in [-0.1, -0.05) is 36.4 Å². The Hall–Kier alpha value is -2.48. The number of aryl methyl sites for hydroxylation is 1. The van der Waals surface area contributed by atoms with Crippen LogP contribution in [-0.4, -0.2) is 12.2 Å². The minimum Gasteiger partial charge on any atom is -0.507 e. The second-order valence-electron chi connectivity index (χ2n) is 5.31. The fourth-order valence-corrected chi connectivity index (χ4v) is 2.97. The summed E-state index contributed by atoms with van der Waals surface area (Å²) in [6.07, 6.45) is 0. The summed E-state index contributed by atoms with van der Waals surface area (Å²) < 4.78 is 5.47. The van der Waals surface area contributed by atoms with Crippen LogP contribution in [0.2, 0.25) is 0 Å². The zero-order valence-corrected chi connectivity index (χ0v) is 12.5. The molecule has 0 unspecified atom stereocenters. The topological polar surface area (TPSA) is 29.5 Å². The molecule has 1 N–H and O–H groups in total. The molecular weight excluding hydrogens is 260 g/mol. The van der Waals surface area contributed by atoms with Crippen LogP contribution in [0.5, 0.6) is 11.5 Å². The van der Waals surface area contributed by atoms with Crippen molar-refractivity contribution in [2.24, 2.45) is 0 Å². The van der Waals surface area contributed by atoms with Gasteiger partial charge >= 0.3 is 0 Å². The van der Waals surface area contributed by atoms with Crippen LogP contribution in [-0.2, 0) is 0 Å². The number of hydrogen-bond acceptors (Lipinski definition) is 2. The van der Waals surface area contributed by atoms with Crippen molar-refractivity contribution in [2.45, 2.75) is 13.8 Å². The molecule has 0 heterocycles. The maximum absolute atomic E-state index is 10.4. The fraction of sp³-hybridized carbons (Fsp3) is 0.158. The SMILES string of the molecule is COc1c(C)cc(O)c(-c2ccc3ccccc3c2)c1C. The molecule has 0 aromatic heterocycles. The van der Waals surface area contributed by atoms with E-state index in [2.05, 4.69) is 24.3 Å². The van der Waals surface area contributed by atoms with Gasteiger partial charge in [-0.05, 0) is 47.9 Å². The van der Waals surface area contributed by atoms with Crippen molar-refractivity contribution < 1.29 is 9.84 Å². The van der Waals surface area contributed by atoms with Gasteiger partial charge in [0, 0.05) is 11.1 Å². The molecule has 0 atom stereocenters. The Morgan fingerprint density at radius 2 is 1.62 bits per heavy atom. The van der Waals surface area contributed by atoms with Crippen molar-refractivity contribution in [2.75, 3.05) is 7.11 Å². The standard InChI is InChI=1S/C19H18O2/c1-12-10-17(20)18(13(2)19(12)21-3)16-9-8-14-6-4-5-7-15(14)11-16/h4-11,20H,1-3H3. The van der Waals surface area contributed by atoms with Crippen molar-refractivity contribution in [3.63, 3.8) is 0 Å². The lowest BCUT2D eigenvalue weighted by atomic mass is 9.94. The van der Waals surface area contributed by atoms with E-state index in [-0.39, 0.29) is 0 Å².